The van der Waals surface area contributed by atoms with Gasteiger partial charge in [0.1, 0.15) is 24.2 Å². The molecule has 0 radical (unpaired) electrons. The summed E-state index contributed by atoms with van der Waals surface area (Å²) in [6.07, 6.45) is -1.59. The second-order valence-corrected chi connectivity index (χ2v) is 11.0. The number of thiazole rings is 1. The minimum atomic E-state index is -1.59. The van der Waals surface area contributed by atoms with Gasteiger partial charge < -0.3 is 25.7 Å². The predicted octanol–water partition coefficient (Wildman–Crippen LogP) is 0.214. The maximum Gasteiger partial charge on any atom is 0.512 e. The number of hydrogen-bond donors (Lipinski definition) is 4. The Labute approximate surface area is 230 Å². The Bertz CT molecular complexity index is 1610. The molecule has 19 heteroatoms. The number of thioether (sulfide) groups is 2. The lowest BCUT2D eigenvalue weighted by atomic mass is 10.1. The molecule has 5 rings (SSSR count). The molecule has 2 aliphatic rings. The first kappa shape index (κ1) is 26.5. The van der Waals surface area contributed by atoms with Gasteiger partial charge >= 0.3 is 6.16 Å². The Balaban J connectivity index is 1.33. The number of carboxylic acid groups (broad SMARTS) is 1. The van der Waals surface area contributed by atoms with Crippen LogP contribution in [0.5, 0.6) is 0 Å². The number of aromatic nitrogens is 5. The van der Waals surface area contributed by atoms with E-state index in [-0.39, 0.29) is 39.5 Å². The number of aromatic amines is 1. The highest BCUT2D eigenvalue weighted by atomic mass is 32.2. The highest BCUT2D eigenvalue weighted by Crippen LogP contribution is 2.41. The van der Waals surface area contributed by atoms with E-state index in [4.69, 9.17) is 15.3 Å². The van der Waals surface area contributed by atoms with Crippen LogP contribution in [0.4, 0.5) is 9.93 Å². The molecule has 3 aromatic heterocycles. The molecule has 5 heterocycles. The molecular formula is C20H19N9O7S3. The molecule has 0 spiro atoms. The van der Waals surface area contributed by atoms with Crippen LogP contribution in [0.25, 0.3) is 5.78 Å². The van der Waals surface area contributed by atoms with Gasteiger partial charge in [-0.1, -0.05) is 16.9 Å². The average Bonchev–Trinajstić information content (AvgIpc) is 3.50. The molecule has 0 saturated carbocycles. The fourth-order valence-corrected chi connectivity index (χ4v) is 6.64. The average molecular weight is 594 g/mol. The maximum absolute atomic E-state index is 13.1. The number of nitrogens with zero attached hydrogens (tertiary/aromatic N) is 6. The molecule has 2 amide bonds. The number of rotatable bonds is 8. The standard InChI is InChI=1S/C20H19N9O7S3/c1-7-3-10(30)29-18(22-7)25-19(26-29)39-5-8-4-37-16-12(14(32)28(16)15(8)36-20(33)34)24-13(31)11(27-35-2)9-6-38-17(21)23-9/h3,6,12,16H,4-5H2,1-2H3,(H2,21,23)(H,24,31)(H,33,34)(H,22,25,26)/b27-11-/t12-,16-/m1/s1. The fourth-order valence-electron chi connectivity index (χ4n) is 3.80. The topological polar surface area (TPSA) is 219 Å². The fraction of sp³-hybridized carbons (Fsp3) is 0.300. The quantitative estimate of drug-likeness (QED) is 0.0903. The summed E-state index contributed by atoms with van der Waals surface area (Å²) in [4.78, 5) is 68.0. The molecule has 0 unspecified atom stereocenters. The smallest absolute Gasteiger partial charge is 0.449 e. The van der Waals surface area contributed by atoms with Crippen LogP contribution in [0.15, 0.2) is 38.0 Å². The van der Waals surface area contributed by atoms with E-state index in [2.05, 4.69) is 30.5 Å². The van der Waals surface area contributed by atoms with Crippen molar-refractivity contribution in [2.75, 3.05) is 24.3 Å². The predicted molar refractivity (Wildman–Crippen MR) is 140 cm³/mol. The molecule has 39 heavy (non-hydrogen) atoms. The number of nitrogens with one attached hydrogen (secondary N) is 2. The van der Waals surface area contributed by atoms with Crippen LogP contribution in [0.1, 0.15) is 11.4 Å². The summed E-state index contributed by atoms with van der Waals surface area (Å²) in [5.41, 5.74) is 6.38. The van der Waals surface area contributed by atoms with Crippen molar-refractivity contribution in [2.24, 2.45) is 5.16 Å². The summed E-state index contributed by atoms with van der Waals surface area (Å²) in [5, 5.41) is 20.0. The molecular weight excluding hydrogens is 574 g/mol. The summed E-state index contributed by atoms with van der Waals surface area (Å²) in [7, 11) is 1.26. The zero-order valence-corrected chi connectivity index (χ0v) is 22.6. The number of amides is 2. The van der Waals surface area contributed by atoms with E-state index in [9.17, 15) is 24.3 Å². The zero-order valence-electron chi connectivity index (χ0n) is 20.1. The second-order valence-electron chi connectivity index (χ2n) is 8.02. The highest BCUT2D eigenvalue weighted by molar-refractivity contribution is 8.01. The van der Waals surface area contributed by atoms with Crippen LogP contribution in [0.3, 0.4) is 0 Å². The van der Waals surface area contributed by atoms with Crippen LogP contribution in [-0.4, -0.2) is 88.3 Å². The Kier molecular flexibility index (Phi) is 7.19. The van der Waals surface area contributed by atoms with Crippen molar-refractivity contribution in [3.63, 3.8) is 0 Å². The zero-order chi connectivity index (χ0) is 27.8. The van der Waals surface area contributed by atoms with Gasteiger partial charge in [0.15, 0.2) is 16.0 Å². The number of oxime groups is 1. The van der Waals surface area contributed by atoms with Crippen molar-refractivity contribution in [1.29, 1.82) is 0 Å². The molecule has 204 valence electrons. The number of nitrogen functional groups attached to an aromatic ring is 1. The van der Waals surface area contributed by atoms with Crippen LogP contribution < -0.4 is 16.6 Å². The number of fused-ring (bicyclic) bond motifs is 2. The molecule has 0 bridgehead atoms. The molecule has 16 nitrogen and oxygen atoms in total. The highest BCUT2D eigenvalue weighted by Gasteiger charge is 2.54. The summed E-state index contributed by atoms with van der Waals surface area (Å²) in [6, 6.07) is 0.388. The number of hydrogen-bond acceptors (Lipinski definition) is 14. The van der Waals surface area contributed by atoms with E-state index in [1.165, 1.54) is 51.5 Å². The molecule has 0 aromatic carbocycles. The van der Waals surface area contributed by atoms with Crippen LogP contribution in [0, 0.1) is 6.92 Å². The first-order valence-electron chi connectivity index (χ1n) is 11.0. The number of aryl methyl sites for hydroxylation is 1. The first-order chi connectivity index (χ1) is 18.7. The third-order valence-electron chi connectivity index (χ3n) is 5.45. The Morgan fingerprint density at radius 2 is 2.15 bits per heavy atom. The van der Waals surface area contributed by atoms with E-state index in [1.807, 2.05) is 0 Å². The molecule has 2 aliphatic heterocycles. The summed E-state index contributed by atoms with van der Waals surface area (Å²) in [6.45, 7) is 1.68. The lowest BCUT2D eigenvalue weighted by Gasteiger charge is -2.49. The van der Waals surface area contributed by atoms with Crippen LogP contribution >= 0.6 is 34.9 Å². The molecule has 3 aromatic rings. The van der Waals surface area contributed by atoms with Gasteiger partial charge in [-0.25, -0.2) is 14.8 Å². The third kappa shape index (κ3) is 5.14. The van der Waals surface area contributed by atoms with Crippen molar-refractivity contribution in [1.82, 2.24) is 34.8 Å². The van der Waals surface area contributed by atoms with Gasteiger partial charge in [-0.3, -0.25) is 24.4 Å². The third-order valence-corrected chi connectivity index (χ3v) is 8.41. The summed E-state index contributed by atoms with van der Waals surface area (Å²) in [5.74, 6) is -0.707. The summed E-state index contributed by atoms with van der Waals surface area (Å²) >= 11 is 3.61. The number of H-pyrrole nitrogens is 1. The van der Waals surface area contributed by atoms with Crippen molar-refractivity contribution in [3.05, 3.63) is 44.6 Å². The van der Waals surface area contributed by atoms with Crippen molar-refractivity contribution in [3.8, 4) is 0 Å². The number of ether oxygens (including phenoxy) is 1. The lowest BCUT2D eigenvalue weighted by molar-refractivity contribution is -0.148. The van der Waals surface area contributed by atoms with E-state index in [0.29, 0.717) is 22.2 Å². The number of carbonyl (C=O) groups excluding carboxylic acids is 2. The van der Waals surface area contributed by atoms with Gasteiger partial charge in [-0.15, -0.1) is 23.1 Å². The van der Waals surface area contributed by atoms with Gasteiger partial charge in [0.25, 0.3) is 23.2 Å². The van der Waals surface area contributed by atoms with Crippen molar-refractivity contribution >= 4 is 69.5 Å². The number of β-lactam (4-membered cyclic amide) rings is 1. The van der Waals surface area contributed by atoms with E-state index < -0.39 is 29.4 Å². The maximum atomic E-state index is 13.1. The molecule has 5 N–H and O–H groups in total. The first-order valence-corrected chi connectivity index (χ1v) is 13.9. The van der Waals surface area contributed by atoms with E-state index >= 15 is 0 Å². The normalized spacial score (nSPS) is 19.1. The number of carbonyl (C=O) groups is 3. The summed E-state index contributed by atoms with van der Waals surface area (Å²) < 4.78 is 6.19. The number of anilines is 1. The van der Waals surface area contributed by atoms with Crippen LogP contribution in [-0.2, 0) is 19.2 Å². The van der Waals surface area contributed by atoms with Gasteiger partial charge in [-0.2, -0.15) is 9.50 Å². The second kappa shape index (κ2) is 10.6. The van der Waals surface area contributed by atoms with Gasteiger partial charge in [0, 0.05) is 34.2 Å². The minimum absolute atomic E-state index is 0.130. The molecule has 1 fully saturated rings. The SMILES string of the molecule is CO/N=C(\C(=O)N[C@@H]1C(=O)N2C(OC(=O)O)=C(CSc3nc4nc(C)cc(=O)n4[nH]3)CS[C@H]12)c1csc(N)n1. The van der Waals surface area contributed by atoms with Gasteiger partial charge in [-0.05, 0) is 6.92 Å². The van der Waals surface area contributed by atoms with Crippen LogP contribution in [0.2, 0.25) is 0 Å². The monoisotopic (exact) mass is 593 g/mol. The number of nitrogens with two attached hydrogens (primary N) is 1. The van der Waals surface area contributed by atoms with Crippen molar-refractivity contribution in [2.45, 2.75) is 23.5 Å². The van der Waals surface area contributed by atoms with E-state index in [0.717, 1.165) is 11.3 Å². The van der Waals surface area contributed by atoms with E-state index in [1.54, 1.807) is 6.92 Å². The van der Waals surface area contributed by atoms with Crippen molar-refractivity contribution < 1.29 is 29.1 Å². The minimum Gasteiger partial charge on any atom is -0.449 e. The lowest BCUT2D eigenvalue weighted by Crippen LogP contribution is -2.70. The Hall–Kier alpha value is -4.10. The Morgan fingerprint density at radius 3 is 2.85 bits per heavy atom. The molecule has 1 saturated heterocycles. The molecule has 2 atom stereocenters. The van der Waals surface area contributed by atoms with Gasteiger partial charge in [0.2, 0.25) is 5.88 Å². The largest absolute Gasteiger partial charge is 0.512 e. The van der Waals surface area contributed by atoms with Gasteiger partial charge in [0.05, 0.1) is 0 Å². The Morgan fingerprint density at radius 1 is 1.36 bits per heavy atom. The molecule has 0 aliphatic carbocycles.